The van der Waals surface area contributed by atoms with Crippen LogP contribution in [-0.4, -0.2) is 35.4 Å². The number of guanidine groups is 1. The largest absolute Gasteiger partial charge is 0.493 e. The minimum Gasteiger partial charge on any atom is -0.493 e. The second-order valence-electron chi connectivity index (χ2n) is 7.40. The Labute approximate surface area is 191 Å². The van der Waals surface area contributed by atoms with E-state index in [1.165, 1.54) is 4.90 Å². The van der Waals surface area contributed by atoms with Crippen molar-refractivity contribution >= 4 is 35.9 Å². The molecular formula is C23H20Cl2N4O2. The Morgan fingerprint density at radius 1 is 1.16 bits per heavy atom. The first-order chi connectivity index (χ1) is 14.5. The van der Waals surface area contributed by atoms with Gasteiger partial charge in [0, 0.05) is 31.4 Å². The first kappa shape index (κ1) is 21.2. The number of carbonyl (C=O) groups is 1. The summed E-state index contributed by atoms with van der Waals surface area (Å²) < 4.78 is 5.64. The first-order valence-corrected chi connectivity index (χ1v) is 9.98. The highest BCUT2D eigenvalue weighted by atomic mass is 35.5. The summed E-state index contributed by atoms with van der Waals surface area (Å²) >= 11 is 6.38. The molecule has 0 spiro atoms. The van der Waals surface area contributed by atoms with Crippen LogP contribution in [0, 0.1) is 0 Å². The van der Waals surface area contributed by atoms with Gasteiger partial charge in [-0.05, 0) is 46.5 Å². The SMILES string of the molecule is CN1C(=O)C(c2cccc(-c3cnccc3Cl)c2)(c2ccc3c(c2)CCO3)N=C1N.Cl. The molecule has 0 aliphatic carbocycles. The minimum absolute atomic E-state index is 0. The number of fused-ring (bicyclic) bond motifs is 1. The highest BCUT2D eigenvalue weighted by Gasteiger charge is 2.49. The molecule has 2 aliphatic heterocycles. The number of hydrogen-bond acceptors (Lipinski definition) is 5. The minimum atomic E-state index is -1.26. The van der Waals surface area contributed by atoms with Crippen molar-refractivity contribution in [2.24, 2.45) is 10.7 Å². The maximum Gasteiger partial charge on any atom is 0.266 e. The highest BCUT2D eigenvalue weighted by molar-refractivity contribution is 6.33. The van der Waals surface area contributed by atoms with E-state index >= 15 is 0 Å². The van der Waals surface area contributed by atoms with Crippen LogP contribution in [0.2, 0.25) is 5.02 Å². The molecule has 3 heterocycles. The summed E-state index contributed by atoms with van der Waals surface area (Å²) in [6.07, 6.45) is 4.15. The molecule has 31 heavy (non-hydrogen) atoms. The number of halogens is 2. The lowest BCUT2D eigenvalue weighted by Gasteiger charge is -2.27. The summed E-state index contributed by atoms with van der Waals surface area (Å²) in [6, 6.07) is 15.2. The normalized spacial score (nSPS) is 19.5. The summed E-state index contributed by atoms with van der Waals surface area (Å²) in [7, 11) is 1.64. The quantitative estimate of drug-likeness (QED) is 0.652. The molecule has 2 aromatic carbocycles. The van der Waals surface area contributed by atoms with Gasteiger partial charge in [-0.3, -0.25) is 14.7 Å². The molecule has 5 rings (SSSR count). The summed E-state index contributed by atoms with van der Waals surface area (Å²) in [5, 5.41) is 0.587. The maximum atomic E-state index is 13.5. The van der Waals surface area contributed by atoms with E-state index in [0.29, 0.717) is 11.6 Å². The molecule has 8 heteroatoms. The average molecular weight is 455 g/mol. The van der Waals surface area contributed by atoms with Crippen LogP contribution < -0.4 is 10.5 Å². The number of nitrogens with two attached hydrogens (primary N) is 1. The topological polar surface area (TPSA) is 80.8 Å². The fourth-order valence-electron chi connectivity index (χ4n) is 4.10. The molecule has 2 N–H and O–H groups in total. The van der Waals surface area contributed by atoms with E-state index in [1.54, 1.807) is 25.5 Å². The van der Waals surface area contributed by atoms with Crippen LogP contribution in [0.15, 0.2) is 65.9 Å². The van der Waals surface area contributed by atoms with E-state index in [1.807, 2.05) is 42.5 Å². The lowest BCUT2D eigenvalue weighted by molar-refractivity contribution is -0.129. The second kappa shape index (κ2) is 7.87. The van der Waals surface area contributed by atoms with Gasteiger partial charge >= 0.3 is 0 Å². The number of ether oxygens (including phenoxy) is 1. The molecule has 0 saturated carbocycles. The highest BCUT2D eigenvalue weighted by Crippen LogP contribution is 2.42. The van der Waals surface area contributed by atoms with Gasteiger partial charge in [0.1, 0.15) is 5.75 Å². The third-order valence-electron chi connectivity index (χ3n) is 5.71. The molecule has 1 unspecified atom stereocenters. The van der Waals surface area contributed by atoms with Crippen LogP contribution >= 0.6 is 24.0 Å². The van der Waals surface area contributed by atoms with Crippen LogP contribution in [0.25, 0.3) is 11.1 Å². The van der Waals surface area contributed by atoms with Crippen LogP contribution in [0.4, 0.5) is 0 Å². The number of amides is 1. The lowest BCUT2D eigenvalue weighted by atomic mass is 9.81. The van der Waals surface area contributed by atoms with Crippen molar-refractivity contribution in [1.29, 1.82) is 0 Å². The number of aromatic nitrogens is 1. The Morgan fingerprint density at radius 3 is 2.71 bits per heavy atom. The van der Waals surface area contributed by atoms with Crippen molar-refractivity contribution in [3.05, 3.63) is 82.6 Å². The van der Waals surface area contributed by atoms with Crippen molar-refractivity contribution < 1.29 is 9.53 Å². The summed E-state index contributed by atoms with van der Waals surface area (Å²) in [5.74, 6) is 0.829. The number of nitrogens with zero attached hydrogens (tertiary/aromatic N) is 3. The molecule has 2 aliphatic rings. The van der Waals surface area contributed by atoms with Crippen molar-refractivity contribution in [3.63, 3.8) is 0 Å². The van der Waals surface area contributed by atoms with Crippen LogP contribution in [0.5, 0.6) is 5.75 Å². The lowest BCUT2D eigenvalue weighted by Crippen LogP contribution is -2.41. The Kier molecular flexibility index (Phi) is 5.37. The van der Waals surface area contributed by atoms with E-state index in [0.717, 1.165) is 40.0 Å². The molecule has 0 saturated heterocycles. The van der Waals surface area contributed by atoms with Crippen LogP contribution in [-0.2, 0) is 16.8 Å². The van der Waals surface area contributed by atoms with Gasteiger partial charge in [0.25, 0.3) is 5.91 Å². The van der Waals surface area contributed by atoms with Crippen LogP contribution in [0.1, 0.15) is 16.7 Å². The predicted octanol–water partition coefficient (Wildman–Crippen LogP) is 3.79. The number of pyridine rings is 1. The molecule has 0 radical (unpaired) electrons. The molecule has 6 nitrogen and oxygen atoms in total. The Hall–Kier alpha value is -3.09. The van der Waals surface area contributed by atoms with Crippen molar-refractivity contribution in [2.75, 3.05) is 13.7 Å². The number of benzene rings is 2. The number of likely N-dealkylation sites (N-methyl/N-ethyl adjacent to an activating group) is 1. The summed E-state index contributed by atoms with van der Waals surface area (Å²) in [5.41, 5.74) is 9.03. The fraction of sp³-hybridized carbons (Fsp3) is 0.174. The van der Waals surface area contributed by atoms with Gasteiger partial charge in [-0.2, -0.15) is 0 Å². The van der Waals surface area contributed by atoms with Crippen LogP contribution in [0.3, 0.4) is 0 Å². The zero-order chi connectivity index (χ0) is 20.9. The van der Waals surface area contributed by atoms with E-state index in [9.17, 15) is 4.79 Å². The van der Waals surface area contributed by atoms with E-state index in [4.69, 9.17) is 22.1 Å². The number of aliphatic imine (C=N–C) groups is 1. The van der Waals surface area contributed by atoms with Gasteiger partial charge < -0.3 is 10.5 Å². The number of carbonyl (C=O) groups excluding carboxylic acids is 1. The number of hydrogen-bond donors (Lipinski definition) is 1. The molecule has 158 valence electrons. The molecule has 0 fully saturated rings. The Balaban J connectivity index is 0.00000231. The van der Waals surface area contributed by atoms with Gasteiger partial charge in [-0.15, -0.1) is 12.4 Å². The average Bonchev–Trinajstić information content (AvgIpc) is 3.32. The van der Waals surface area contributed by atoms with Crippen molar-refractivity contribution in [3.8, 4) is 16.9 Å². The van der Waals surface area contributed by atoms with Gasteiger partial charge in [0.2, 0.25) is 0 Å². The smallest absolute Gasteiger partial charge is 0.266 e. The van der Waals surface area contributed by atoms with Gasteiger partial charge in [-0.1, -0.05) is 35.9 Å². The molecule has 0 bridgehead atoms. The summed E-state index contributed by atoms with van der Waals surface area (Å²) in [4.78, 5) is 23.8. The fourth-order valence-corrected chi connectivity index (χ4v) is 4.31. The molecule has 1 amide bonds. The van der Waals surface area contributed by atoms with Crippen molar-refractivity contribution in [2.45, 2.75) is 12.0 Å². The predicted molar refractivity (Wildman–Crippen MR) is 123 cm³/mol. The molecule has 1 atom stereocenters. The van der Waals surface area contributed by atoms with Gasteiger partial charge in [0.15, 0.2) is 11.5 Å². The van der Waals surface area contributed by atoms with E-state index < -0.39 is 5.54 Å². The number of rotatable bonds is 3. The van der Waals surface area contributed by atoms with E-state index in [2.05, 4.69) is 9.98 Å². The molecule has 3 aromatic rings. The molecular weight excluding hydrogens is 435 g/mol. The van der Waals surface area contributed by atoms with E-state index in [-0.39, 0.29) is 24.3 Å². The zero-order valence-electron chi connectivity index (χ0n) is 16.7. The Bertz CT molecular complexity index is 1210. The first-order valence-electron chi connectivity index (χ1n) is 9.61. The van der Waals surface area contributed by atoms with Gasteiger partial charge in [0.05, 0.1) is 11.6 Å². The third-order valence-corrected chi connectivity index (χ3v) is 6.04. The zero-order valence-corrected chi connectivity index (χ0v) is 18.3. The third kappa shape index (κ3) is 3.23. The monoisotopic (exact) mass is 454 g/mol. The maximum absolute atomic E-state index is 13.5. The van der Waals surface area contributed by atoms with Gasteiger partial charge in [-0.25, -0.2) is 4.99 Å². The Morgan fingerprint density at radius 2 is 1.97 bits per heavy atom. The standard InChI is InChI=1S/C23H19ClN4O2.ClH/c1-28-21(29)23(27-22(28)25,17-5-6-20-15(12-17)8-10-30-20)16-4-2-3-14(11-16)18-13-26-9-7-19(18)24;/h2-7,9,11-13H,8,10H2,1H3,(H2,25,27);1H. The van der Waals surface area contributed by atoms with Crippen molar-refractivity contribution in [1.82, 2.24) is 9.88 Å². The summed E-state index contributed by atoms with van der Waals surface area (Å²) in [6.45, 7) is 0.639. The second-order valence-corrected chi connectivity index (χ2v) is 7.81. The molecule has 1 aromatic heterocycles.